The van der Waals surface area contributed by atoms with Gasteiger partial charge in [-0.25, -0.2) is 4.39 Å². The molecule has 1 heterocycles. The van der Waals surface area contributed by atoms with Gasteiger partial charge in [0.25, 0.3) is 0 Å². The summed E-state index contributed by atoms with van der Waals surface area (Å²) in [5, 5.41) is 13.6. The highest BCUT2D eigenvalue weighted by Crippen LogP contribution is 2.23. The van der Waals surface area contributed by atoms with Crippen molar-refractivity contribution in [2.75, 3.05) is 20.6 Å². The van der Waals surface area contributed by atoms with Crippen LogP contribution >= 0.6 is 0 Å². The second-order valence-electron chi connectivity index (χ2n) is 7.22. The van der Waals surface area contributed by atoms with Gasteiger partial charge in [0.1, 0.15) is 23.7 Å². The monoisotopic (exact) mass is 440 g/mol. The standard InChI is InChI=1S/C14H16N2O2.C10H13FN2O/c1-15-5-2-6-16-13(10-18)8-12-4-3-11(9-17)7-14(12)16;1-13-10(12)6-9(14)7-2-4-8(11)5-3-7/h3-4,7-10,15H,2,5-6H2,1H3;2,4,6,14H,3,5H2,1H3,(H2,12,13)/b;9-6-. The molecule has 7 nitrogen and oxygen atoms in total. The van der Waals surface area contributed by atoms with Crippen LogP contribution in [0.15, 0.2) is 64.6 Å². The van der Waals surface area contributed by atoms with E-state index < -0.39 is 0 Å². The van der Waals surface area contributed by atoms with Gasteiger partial charge in [-0.3, -0.25) is 14.6 Å². The number of hydrogen-bond donors (Lipinski definition) is 3. The molecule has 2 aromatic rings. The number of allylic oxidation sites excluding steroid dienone is 4. The maximum absolute atomic E-state index is 12.6. The number of nitrogens with zero attached hydrogens (tertiary/aromatic N) is 2. The minimum Gasteiger partial charge on any atom is -0.508 e. The lowest BCUT2D eigenvalue weighted by molar-refractivity contribution is 0.111. The van der Waals surface area contributed by atoms with E-state index in [0.717, 1.165) is 43.0 Å². The number of amidine groups is 1. The number of carbonyl (C=O) groups excluding carboxylic acids is 2. The summed E-state index contributed by atoms with van der Waals surface area (Å²) in [6.45, 7) is 1.66. The molecule has 0 bridgehead atoms. The first-order valence-corrected chi connectivity index (χ1v) is 10.3. The van der Waals surface area contributed by atoms with E-state index in [1.807, 2.05) is 29.8 Å². The van der Waals surface area contributed by atoms with Crippen LogP contribution in [-0.2, 0) is 6.54 Å². The fourth-order valence-electron chi connectivity index (χ4n) is 3.25. The number of hydrogen-bond acceptors (Lipinski definition) is 5. The van der Waals surface area contributed by atoms with E-state index in [9.17, 15) is 19.1 Å². The Morgan fingerprint density at radius 1 is 1.25 bits per heavy atom. The number of aromatic nitrogens is 1. The van der Waals surface area contributed by atoms with Crippen molar-refractivity contribution in [3.63, 3.8) is 0 Å². The molecule has 0 aliphatic heterocycles. The largest absolute Gasteiger partial charge is 0.508 e. The highest BCUT2D eigenvalue weighted by Gasteiger charge is 2.10. The molecule has 1 aliphatic rings. The molecule has 1 aliphatic carbocycles. The second kappa shape index (κ2) is 12.4. The minimum absolute atomic E-state index is 0.0526. The average molecular weight is 441 g/mol. The zero-order valence-corrected chi connectivity index (χ0v) is 18.3. The molecule has 0 saturated heterocycles. The van der Waals surface area contributed by atoms with Crippen molar-refractivity contribution >= 4 is 29.3 Å². The van der Waals surface area contributed by atoms with Crippen LogP contribution in [0, 0.1) is 0 Å². The van der Waals surface area contributed by atoms with Crippen LogP contribution in [0.2, 0.25) is 0 Å². The van der Waals surface area contributed by atoms with Gasteiger partial charge in [-0.05, 0) is 50.2 Å². The third-order valence-corrected chi connectivity index (χ3v) is 5.00. The Morgan fingerprint density at radius 2 is 2.03 bits per heavy atom. The number of aliphatic hydroxyl groups is 1. The lowest BCUT2D eigenvalue weighted by Crippen LogP contribution is -2.12. The molecule has 0 atom stereocenters. The van der Waals surface area contributed by atoms with E-state index in [1.54, 1.807) is 12.1 Å². The Hall–Kier alpha value is -3.52. The zero-order valence-electron chi connectivity index (χ0n) is 18.3. The summed E-state index contributed by atoms with van der Waals surface area (Å²) in [5.74, 6) is 0.133. The van der Waals surface area contributed by atoms with Gasteiger partial charge in [-0.1, -0.05) is 18.2 Å². The number of rotatable bonds is 8. The molecule has 4 N–H and O–H groups in total. The third kappa shape index (κ3) is 6.75. The average Bonchev–Trinajstić information content (AvgIpc) is 3.16. The highest BCUT2D eigenvalue weighted by atomic mass is 19.1. The van der Waals surface area contributed by atoms with Crippen LogP contribution in [0.5, 0.6) is 0 Å². The van der Waals surface area contributed by atoms with E-state index in [2.05, 4.69) is 10.3 Å². The number of fused-ring (bicyclic) bond motifs is 1. The number of aliphatic imine (C=N–C) groups is 1. The summed E-state index contributed by atoms with van der Waals surface area (Å²) < 4.78 is 14.6. The predicted octanol–water partition coefficient (Wildman–Crippen LogP) is 3.86. The van der Waals surface area contributed by atoms with Gasteiger partial charge in [0.2, 0.25) is 0 Å². The molecule has 0 spiro atoms. The van der Waals surface area contributed by atoms with Crippen molar-refractivity contribution in [3.05, 3.63) is 70.9 Å². The second-order valence-corrected chi connectivity index (χ2v) is 7.22. The van der Waals surface area contributed by atoms with E-state index >= 15 is 0 Å². The number of nitrogens with two attached hydrogens (primary N) is 1. The van der Waals surface area contributed by atoms with E-state index in [-0.39, 0.29) is 17.4 Å². The van der Waals surface area contributed by atoms with Gasteiger partial charge >= 0.3 is 0 Å². The highest BCUT2D eigenvalue weighted by molar-refractivity contribution is 5.92. The predicted molar refractivity (Wildman–Crippen MR) is 126 cm³/mol. The Kier molecular flexibility index (Phi) is 9.56. The van der Waals surface area contributed by atoms with Crippen LogP contribution in [0.25, 0.3) is 10.9 Å². The first-order valence-electron chi connectivity index (χ1n) is 10.3. The van der Waals surface area contributed by atoms with E-state index in [0.29, 0.717) is 29.7 Å². The van der Waals surface area contributed by atoms with Crippen molar-refractivity contribution in [2.24, 2.45) is 10.7 Å². The summed E-state index contributed by atoms with van der Waals surface area (Å²) in [6.07, 6.45) is 7.70. The number of aldehydes is 2. The first kappa shape index (κ1) is 24.7. The van der Waals surface area contributed by atoms with Crippen LogP contribution < -0.4 is 11.1 Å². The van der Waals surface area contributed by atoms with Crippen molar-refractivity contribution < 1.29 is 19.1 Å². The lowest BCUT2D eigenvalue weighted by atomic mass is 10.0. The van der Waals surface area contributed by atoms with Gasteiger partial charge in [-0.2, -0.15) is 0 Å². The molecular formula is C24H29FN4O3. The van der Waals surface area contributed by atoms with E-state index in [1.165, 1.54) is 19.2 Å². The van der Waals surface area contributed by atoms with Crippen molar-refractivity contribution in [1.29, 1.82) is 0 Å². The number of aliphatic hydroxyl groups excluding tert-OH is 1. The molecule has 1 aromatic heterocycles. The smallest absolute Gasteiger partial charge is 0.166 e. The van der Waals surface area contributed by atoms with Crippen LogP contribution in [0.1, 0.15) is 40.1 Å². The van der Waals surface area contributed by atoms with Crippen molar-refractivity contribution in [3.8, 4) is 0 Å². The Balaban J connectivity index is 0.000000235. The SMILES string of the molecule is CN=C(N)/C=C(\O)C1=CC=C(F)CC1.CNCCCn1c(C=O)cc2ccc(C=O)cc21. The Morgan fingerprint density at radius 3 is 2.62 bits per heavy atom. The van der Waals surface area contributed by atoms with Crippen LogP contribution in [0.4, 0.5) is 4.39 Å². The molecular weight excluding hydrogens is 411 g/mol. The summed E-state index contributed by atoms with van der Waals surface area (Å²) in [7, 11) is 3.44. The lowest BCUT2D eigenvalue weighted by Gasteiger charge is -2.09. The zero-order chi connectivity index (χ0) is 23.5. The number of nitrogens with one attached hydrogen (secondary N) is 1. The van der Waals surface area contributed by atoms with Gasteiger partial charge in [0.05, 0.1) is 5.69 Å². The minimum atomic E-state index is -0.168. The molecule has 0 fully saturated rings. The molecule has 170 valence electrons. The fourth-order valence-corrected chi connectivity index (χ4v) is 3.25. The normalized spacial score (nSPS) is 14.3. The van der Waals surface area contributed by atoms with Gasteiger partial charge in [0.15, 0.2) is 6.29 Å². The number of halogens is 1. The molecule has 0 radical (unpaired) electrons. The number of aryl methyl sites for hydroxylation is 1. The molecule has 0 amide bonds. The van der Waals surface area contributed by atoms with E-state index in [4.69, 9.17) is 5.73 Å². The third-order valence-electron chi connectivity index (χ3n) is 5.00. The quantitative estimate of drug-likeness (QED) is 0.190. The van der Waals surface area contributed by atoms with Crippen LogP contribution in [0.3, 0.4) is 0 Å². The van der Waals surface area contributed by atoms with Crippen molar-refractivity contribution in [1.82, 2.24) is 9.88 Å². The summed E-state index contributed by atoms with van der Waals surface area (Å²) in [5.41, 5.74) is 8.31. The summed E-state index contributed by atoms with van der Waals surface area (Å²) in [6, 6.07) is 7.33. The molecule has 32 heavy (non-hydrogen) atoms. The maximum Gasteiger partial charge on any atom is 0.166 e. The van der Waals surface area contributed by atoms with Crippen molar-refractivity contribution in [2.45, 2.75) is 25.8 Å². The van der Waals surface area contributed by atoms with Gasteiger partial charge in [0, 0.05) is 42.6 Å². The summed E-state index contributed by atoms with van der Waals surface area (Å²) in [4.78, 5) is 25.6. The topological polar surface area (TPSA) is 110 Å². The molecule has 0 unspecified atom stereocenters. The van der Waals surface area contributed by atoms with Gasteiger partial charge in [-0.15, -0.1) is 0 Å². The molecule has 0 saturated carbocycles. The van der Waals surface area contributed by atoms with Crippen LogP contribution in [-0.4, -0.2) is 48.7 Å². The number of carbonyl (C=O) groups is 2. The van der Waals surface area contributed by atoms with Gasteiger partial charge < -0.3 is 20.7 Å². The Labute approximate surface area is 186 Å². The maximum atomic E-state index is 12.6. The number of benzene rings is 1. The first-order chi connectivity index (χ1) is 15.4. The fraction of sp³-hybridized carbons (Fsp3) is 0.292. The molecule has 3 rings (SSSR count). The Bertz CT molecular complexity index is 1080. The summed E-state index contributed by atoms with van der Waals surface area (Å²) >= 11 is 0. The molecule has 1 aromatic carbocycles. The molecule has 8 heteroatoms.